The summed E-state index contributed by atoms with van der Waals surface area (Å²) >= 11 is 0. The number of aromatic nitrogens is 2. The normalized spacial score (nSPS) is 16.8. The predicted octanol–water partition coefficient (Wildman–Crippen LogP) is 2.72. The predicted molar refractivity (Wildman–Crippen MR) is 99.1 cm³/mol. The first-order valence-electron chi connectivity index (χ1n) is 8.61. The van der Waals surface area contributed by atoms with Crippen LogP contribution in [0, 0.1) is 10.1 Å². The molecule has 7 heteroatoms. The number of hydrogen-bond donors (Lipinski definition) is 1. The molecule has 0 amide bonds. The lowest BCUT2D eigenvalue weighted by molar-refractivity contribution is -0.384. The van der Waals surface area contributed by atoms with Gasteiger partial charge in [-0.05, 0) is 25.5 Å². The molecule has 1 unspecified atom stereocenters. The second kappa shape index (κ2) is 6.68. The third kappa shape index (κ3) is 2.97. The van der Waals surface area contributed by atoms with Crippen molar-refractivity contribution in [1.82, 2.24) is 14.9 Å². The smallest absolute Gasteiger partial charge is 0.312 e. The highest BCUT2D eigenvalue weighted by molar-refractivity contribution is 5.93. The molecule has 0 spiro atoms. The second-order valence-corrected chi connectivity index (χ2v) is 6.47. The van der Waals surface area contributed by atoms with Crippen LogP contribution >= 0.6 is 0 Å². The van der Waals surface area contributed by atoms with Crippen LogP contribution in [0.15, 0.2) is 53.3 Å². The molecule has 1 atom stereocenters. The maximum atomic E-state index is 12.7. The van der Waals surface area contributed by atoms with E-state index in [9.17, 15) is 14.9 Å². The minimum absolute atomic E-state index is 0.0133. The molecule has 1 aliphatic heterocycles. The van der Waals surface area contributed by atoms with Gasteiger partial charge in [0.25, 0.3) is 5.69 Å². The average molecular weight is 350 g/mol. The number of fused-ring (bicyclic) bond motifs is 1. The standard InChI is InChI=1S/C19H18N4O3/c24-19-21-18(13-5-2-1-3-6-13)16-11-15(23(25)26)8-9-17(16)22(19)12-14-7-4-10-20-14/h1-3,5-6,8-9,11,14,20H,4,7,10,12H2. The summed E-state index contributed by atoms with van der Waals surface area (Å²) in [6.07, 6.45) is 2.08. The van der Waals surface area contributed by atoms with E-state index in [1.165, 1.54) is 12.1 Å². The Morgan fingerprint density at radius 3 is 2.73 bits per heavy atom. The quantitative estimate of drug-likeness (QED) is 0.577. The van der Waals surface area contributed by atoms with Gasteiger partial charge in [-0.2, -0.15) is 4.98 Å². The molecule has 0 aliphatic carbocycles. The fourth-order valence-electron chi connectivity index (χ4n) is 3.51. The van der Waals surface area contributed by atoms with Gasteiger partial charge >= 0.3 is 5.69 Å². The molecular formula is C19H18N4O3. The summed E-state index contributed by atoms with van der Waals surface area (Å²) in [6.45, 7) is 1.45. The monoisotopic (exact) mass is 350 g/mol. The third-order valence-corrected chi connectivity index (χ3v) is 4.79. The summed E-state index contributed by atoms with van der Waals surface area (Å²) in [6, 6.07) is 14.1. The van der Waals surface area contributed by atoms with E-state index in [4.69, 9.17) is 0 Å². The first-order valence-corrected chi connectivity index (χ1v) is 8.61. The number of nitrogens with zero attached hydrogens (tertiary/aromatic N) is 3. The number of benzene rings is 2. The van der Waals surface area contributed by atoms with Crippen molar-refractivity contribution in [3.8, 4) is 11.3 Å². The van der Waals surface area contributed by atoms with Crippen LogP contribution in [0.4, 0.5) is 5.69 Å². The Kier molecular flexibility index (Phi) is 4.22. The van der Waals surface area contributed by atoms with Crippen LogP contribution < -0.4 is 11.0 Å². The Balaban J connectivity index is 1.95. The van der Waals surface area contributed by atoms with Crippen LogP contribution in [-0.2, 0) is 6.54 Å². The van der Waals surface area contributed by atoms with Crippen LogP contribution in [0.2, 0.25) is 0 Å². The van der Waals surface area contributed by atoms with Gasteiger partial charge in [0.15, 0.2) is 0 Å². The van der Waals surface area contributed by atoms with Crippen LogP contribution in [-0.4, -0.2) is 27.1 Å². The van der Waals surface area contributed by atoms with E-state index in [2.05, 4.69) is 10.3 Å². The topological polar surface area (TPSA) is 90.1 Å². The Morgan fingerprint density at radius 1 is 1.23 bits per heavy atom. The first-order chi connectivity index (χ1) is 12.6. The van der Waals surface area contributed by atoms with Crippen LogP contribution in [0.5, 0.6) is 0 Å². The van der Waals surface area contributed by atoms with Crippen molar-refractivity contribution in [1.29, 1.82) is 0 Å². The first kappa shape index (κ1) is 16.4. The molecule has 4 rings (SSSR count). The van der Waals surface area contributed by atoms with Crippen molar-refractivity contribution in [2.75, 3.05) is 6.54 Å². The van der Waals surface area contributed by atoms with Gasteiger partial charge in [-0.15, -0.1) is 0 Å². The molecule has 0 radical (unpaired) electrons. The summed E-state index contributed by atoms with van der Waals surface area (Å²) in [4.78, 5) is 27.8. The van der Waals surface area contributed by atoms with Gasteiger partial charge < -0.3 is 5.32 Å². The summed E-state index contributed by atoms with van der Waals surface area (Å²) in [7, 11) is 0. The number of hydrogen-bond acceptors (Lipinski definition) is 5. The fraction of sp³-hybridized carbons (Fsp3) is 0.263. The van der Waals surface area contributed by atoms with Crippen molar-refractivity contribution in [3.63, 3.8) is 0 Å². The van der Waals surface area contributed by atoms with E-state index in [0.717, 1.165) is 24.9 Å². The van der Waals surface area contributed by atoms with Crippen molar-refractivity contribution in [2.45, 2.75) is 25.4 Å². The molecule has 1 fully saturated rings. The SMILES string of the molecule is O=c1nc(-c2ccccc2)c2cc([N+](=O)[O-])ccc2n1CC1CCCN1. The summed E-state index contributed by atoms with van der Waals surface area (Å²) in [5.74, 6) is 0. The van der Waals surface area contributed by atoms with Crippen LogP contribution in [0.3, 0.4) is 0 Å². The molecule has 2 heterocycles. The summed E-state index contributed by atoms with van der Waals surface area (Å²) in [5, 5.41) is 15.2. The maximum Gasteiger partial charge on any atom is 0.348 e. The molecule has 26 heavy (non-hydrogen) atoms. The van der Waals surface area contributed by atoms with E-state index in [-0.39, 0.29) is 17.4 Å². The number of nitro benzene ring substituents is 1. The molecule has 0 bridgehead atoms. The van der Waals surface area contributed by atoms with Crippen molar-refractivity contribution in [3.05, 3.63) is 69.1 Å². The van der Waals surface area contributed by atoms with E-state index < -0.39 is 4.92 Å². The van der Waals surface area contributed by atoms with Gasteiger partial charge in [0.05, 0.1) is 16.1 Å². The van der Waals surface area contributed by atoms with E-state index in [1.54, 1.807) is 10.6 Å². The lowest BCUT2D eigenvalue weighted by Gasteiger charge is -2.16. The van der Waals surface area contributed by atoms with Crippen LogP contribution in [0.25, 0.3) is 22.2 Å². The fourth-order valence-corrected chi connectivity index (χ4v) is 3.51. The van der Waals surface area contributed by atoms with Crippen LogP contribution in [0.1, 0.15) is 12.8 Å². The van der Waals surface area contributed by atoms with Gasteiger partial charge in [-0.1, -0.05) is 30.3 Å². The van der Waals surface area contributed by atoms with Crippen molar-refractivity contribution >= 4 is 16.6 Å². The third-order valence-electron chi connectivity index (χ3n) is 4.79. The van der Waals surface area contributed by atoms with Crippen molar-refractivity contribution in [2.24, 2.45) is 0 Å². The minimum Gasteiger partial charge on any atom is -0.312 e. The zero-order chi connectivity index (χ0) is 18.1. The molecule has 1 aliphatic rings. The zero-order valence-corrected chi connectivity index (χ0v) is 14.1. The Morgan fingerprint density at radius 2 is 2.04 bits per heavy atom. The lowest BCUT2D eigenvalue weighted by Crippen LogP contribution is -2.33. The molecule has 1 aromatic heterocycles. The highest BCUT2D eigenvalue weighted by Gasteiger charge is 2.20. The van der Waals surface area contributed by atoms with E-state index in [1.807, 2.05) is 30.3 Å². The van der Waals surface area contributed by atoms with Gasteiger partial charge in [0.2, 0.25) is 0 Å². The average Bonchev–Trinajstić information content (AvgIpc) is 3.17. The van der Waals surface area contributed by atoms with Gasteiger partial charge in [0, 0.05) is 35.7 Å². The Hall–Kier alpha value is -3.06. The second-order valence-electron chi connectivity index (χ2n) is 6.47. The van der Waals surface area contributed by atoms with E-state index >= 15 is 0 Å². The molecule has 7 nitrogen and oxygen atoms in total. The number of nitro groups is 1. The molecule has 1 saturated heterocycles. The maximum absolute atomic E-state index is 12.7. The zero-order valence-electron chi connectivity index (χ0n) is 14.1. The molecule has 1 N–H and O–H groups in total. The molecule has 3 aromatic rings. The number of nitrogens with one attached hydrogen (secondary N) is 1. The molecule has 132 valence electrons. The highest BCUT2D eigenvalue weighted by atomic mass is 16.6. The van der Waals surface area contributed by atoms with E-state index in [0.29, 0.717) is 23.1 Å². The van der Waals surface area contributed by atoms with Crippen molar-refractivity contribution < 1.29 is 4.92 Å². The number of non-ortho nitro benzene ring substituents is 1. The lowest BCUT2D eigenvalue weighted by atomic mass is 10.1. The largest absolute Gasteiger partial charge is 0.348 e. The molecular weight excluding hydrogens is 332 g/mol. The van der Waals surface area contributed by atoms with Gasteiger partial charge in [-0.25, -0.2) is 4.79 Å². The van der Waals surface area contributed by atoms with Gasteiger partial charge in [-0.3, -0.25) is 14.7 Å². The Labute approximate surface area is 149 Å². The Bertz CT molecular complexity index is 1020. The summed E-state index contributed by atoms with van der Waals surface area (Å²) < 4.78 is 1.62. The van der Waals surface area contributed by atoms with Gasteiger partial charge in [0.1, 0.15) is 0 Å². The summed E-state index contributed by atoms with van der Waals surface area (Å²) in [5.41, 5.74) is 1.56. The molecule has 0 saturated carbocycles. The minimum atomic E-state index is -0.428. The highest BCUT2D eigenvalue weighted by Crippen LogP contribution is 2.28. The molecule has 2 aromatic carbocycles. The number of rotatable bonds is 4.